The second-order valence-corrected chi connectivity index (χ2v) is 8.30. The molecule has 3 heteroatoms. The number of hydrogen-bond acceptors (Lipinski definition) is 2. The van der Waals surface area contributed by atoms with E-state index in [1.54, 1.807) is 0 Å². The Morgan fingerprint density at radius 2 is 1.80 bits per heavy atom. The standard InChI is InChI=1S/C12H22O2Si/c1-8-9(7-13)10(12(2,3)4)14-11(8)15(5)6/h13,15H,7H2,1-6H3. The fraction of sp³-hybridized carbons (Fsp3) is 0.667. The zero-order chi connectivity index (χ0) is 11.8. The number of furan rings is 1. The highest BCUT2D eigenvalue weighted by atomic mass is 28.3. The molecule has 1 N–H and O–H groups in total. The Morgan fingerprint density at radius 3 is 2.07 bits per heavy atom. The van der Waals surface area contributed by atoms with Crippen LogP contribution in [0.25, 0.3) is 0 Å². The third-order valence-electron chi connectivity index (χ3n) is 2.67. The average Bonchev–Trinajstić information content (AvgIpc) is 2.41. The lowest BCUT2D eigenvalue weighted by atomic mass is 9.90. The van der Waals surface area contributed by atoms with Crippen molar-refractivity contribution in [3.63, 3.8) is 0 Å². The van der Waals surface area contributed by atoms with Crippen LogP contribution in [0.4, 0.5) is 0 Å². The predicted octanol–water partition coefficient (Wildman–Crippen LogP) is 2.07. The molecule has 1 rings (SSSR count). The van der Waals surface area contributed by atoms with Crippen LogP contribution in [0.1, 0.15) is 37.7 Å². The molecule has 1 heterocycles. The van der Waals surface area contributed by atoms with E-state index in [4.69, 9.17) is 4.42 Å². The fourth-order valence-electron chi connectivity index (χ4n) is 1.91. The second kappa shape index (κ2) is 4.14. The van der Waals surface area contributed by atoms with Gasteiger partial charge in [-0.1, -0.05) is 33.9 Å². The summed E-state index contributed by atoms with van der Waals surface area (Å²) in [6.45, 7) is 13.0. The summed E-state index contributed by atoms with van der Waals surface area (Å²) in [6, 6.07) is 0. The van der Waals surface area contributed by atoms with Gasteiger partial charge in [-0.3, -0.25) is 0 Å². The molecule has 0 aliphatic carbocycles. The fourth-order valence-corrected chi connectivity index (χ4v) is 3.31. The average molecular weight is 226 g/mol. The summed E-state index contributed by atoms with van der Waals surface area (Å²) in [6.07, 6.45) is 0. The molecule has 0 saturated carbocycles. The van der Waals surface area contributed by atoms with Gasteiger partial charge in [0, 0.05) is 11.0 Å². The third kappa shape index (κ3) is 2.34. The van der Waals surface area contributed by atoms with Crippen LogP contribution in [0.15, 0.2) is 4.42 Å². The highest BCUT2D eigenvalue weighted by Gasteiger charge is 2.26. The molecule has 0 saturated heterocycles. The third-order valence-corrected chi connectivity index (χ3v) is 4.27. The Bertz CT molecular complexity index is 345. The minimum atomic E-state index is -0.939. The monoisotopic (exact) mass is 226 g/mol. The van der Waals surface area contributed by atoms with Crippen molar-refractivity contribution in [2.45, 2.75) is 52.8 Å². The first-order valence-electron chi connectivity index (χ1n) is 5.52. The minimum Gasteiger partial charge on any atom is -0.470 e. The molecule has 15 heavy (non-hydrogen) atoms. The van der Waals surface area contributed by atoms with E-state index in [1.165, 1.54) is 5.56 Å². The van der Waals surface area contributed by atoms with Crippen molar-refractivity contribution in [1.29, 1.82) is 0 Å². The molecule has 86 valence electrons. The molecule has 1 aromatic rings. The van der Waals surface area contributed by atoms with Crippen LogP contribution in [-0.4, -0.2) is 13.9 Å². The molecule has 2 nitrogen and oxygen atoms in total. The van der Waals surface area contributed by atoms with Gasteiger partial charge in [0.15, 0.2) is 0 Å². The van der Waals surface area contributed by atoms with Crippen LogP contribution >= 0.6 is 0 Å². The molecule has 1 aromatic heterocycles. The minimum absolute atomic E-state index is 0.0234. The van der Waals surface area contributed by atoms with Crippen molar-refractivity contribution in [2.75, 3.05) is 0 Å². The summed E-state index contributed by atoms with van der Waals surface area (Å²) in [5, 5.41) is 10.6. The van der Waals surface area contributed by atoms with Crippen LogP contribution < -0.4 is 5.38 Å². The maximum Gasteiger partial charge on any atom is 0.114 e. The van der Waals surface area contributed by atoms with Gasteiger partial charge in [-0.25, -0.2) is 0 Å². The summed E-state index contributed by atoms with van der Waals surface area (Å²) in [5.41, 5.74) is 2.15. The quantitative estimate of drug-likeness (QED) is 0.783. The lowest BCUT2D eigenvalue weighted by molar-refractivity contribution is 0.272. The molecule has 0 atom stereocenters. The Kier molecular flexibility index (Phi) is 3.46. The van der Waals surface area contributed by atoms with Crippen LogP contribution in [0, 0.1) is 6.92 Å². The first-order valence-corrected chi connectivity index (χ1v) is 8.41. The van der Waals surface area contributed by atoms with Crippen LogP contribution in [0.2, 0.25) is 13.1 Å². The molecular weight excluding hydrogens is 204 g/mol. The molecule has 0 aliphatic rings. The Hall–Kier alpha value is -0.543. The molecule has 0 aliphatic heterocycles. The molecule has 0 unspecified atom stereocenters. The summed E-state index contributed by atoms with van der Waals surface area (Å²) in [4.78, 5) is 0. The zero-order valence-corrected chi connectivity index (χ0v) is 11.8. The van der Waals surface area contributed by atoms with E-state index in [0.717, 1.165) is 16.7 Å². The molecule has 0 spiro atoms. The van der Waals surface area contributed by atoms with Crippen LogP contribution in [0.5, 0.6) is 0 Å². The van der Waals surface area contributed by atoms with Crippen molar-refractivity contribution in [1.82, 2.24) is 0 Å². The van der Waals surface area contributed by atoms with Crippen LogP contribution in [0.3, 0.4) is 0 Å². The van der Waals surface area contributed by atoms with E-state index in [0.29, 0.717) is 0 Å². The van der Waals surface area contributed by atoms with E-state index in [1.807, 2.05) is 0 Å². The molecule has 0 amide bonds. The normalized spacial score (nSPS) is 12.5. The number of hydrogen-bond donors (Lipinski definition) is 1. The molecule has 0 radical (unpaired) electrons. The highest BCUT2D eigenvalue weighted by Crippen LogP contribution is 2.28. The van der Waals surface area contributed by atoms with E-state index >= 15 is 0 Å². The highest BCUT2D eigenvalue weighted by molar-refractivity contribution is 6.69. The molecular formula is C12H22O2Si. The summed E-state index contributed by atoms with van der Waals surface area (Å²) in [7, 11) is -0.939. The van der Waals surface area contributed by atoms with Gasteiger partial charge in [-0.15, -0.1) is 0 Å². The van der Waals surface area contributed by atoms with Crippen LogP contribution in [-0.2, 0) is 12.0 Å². The van der Waals surface area contributed by atoms with Gasteiger partial charge in [0.25, 0.3) is 0 Å². The molecule has 0 fully saturated rings. The van der Waals surface area contributed by atoms with E-state index in [9.17, 15) is 5.11 Å². The first-order chi connectivity index (χ1) is 6.79. The van der Waals surface area contributed by atoms with Gasteiger partial charge in [-0.2, -0.15) is 0 Å². The first kappa shape index (κ1) is 12.5. The number of aliphatic hydroxyl groups is 1. The van der Waals surface area contributed by atoms with Gasteiger partial charge in [0.05, 0.1) is 12.0 Å². The summed E-state index contributed by atoms with van der Waals surface area (Å²) in [5.74, 6) is 0.957. The zero-order valence-electron chi connectivity index (χ0n) is 10.6. The number of aliphatic hydroxyl groups excluding tert-OH is 1. The summed E-state index contributed by atoms with van der Waals surface area (Å²) >= 11 is 0. The molecule has 0 bridgehead atoms. The topological polar surface area (TPSA) is 33.4 Å². The summed E-state index contributed by atoms with van der Waals surface area (Å²) < 4.78 is 5.96. The largest absolute Gasteiger partial charge is 0.470 e. The van der Waals surface area contributed by atoms with Crippen molar-refractivity contribution in [3.8, 4) is 0 Å². The number of rotatable bonds is 2. The van der Waals surface area contributed by atoms with Gasteiger partial charge in [0.1, 0.15) is 14.6 Å². The molecule has 0 aromatic carbocycles. The maximum atomic E-state index is 9.41. The van der Waals surface area contributed by atoms with Crippen molar-refractivity contribution < 1.29 is 9.52 Å². The van der Waals surface area contributed by atoms with Gasteiger partial charge in [-0.05, 0) is 12.5 Å². The van der Waals surface area contributed by atoms with E-state index in [2.05, 4.69) is 40.8 Å². The van der Waals surface area contributed by atoms with E-state index < -0.39 is 8.80 Å². The smallest absolute Gasteiger partial charge is 0.114 e. The maximum absolute atomic E-state index is 9.41. The van der Waals surface area contributed by atoms with Gasteiger partial charge >= 0.3 is 0 Å². The Morgan fingerprint density at radius 1 is 1.27 bits per heavy atom. The van der Waals surface area contributed by atoms with Gasteiger partial charge < -0.3 is 9.52 Å². The Labute approximate surface area is 93.9 Å². The predicted molar refractivity (Wildman–Crippen MR) is 66.6 cm³/mol. The SMILES string of the molecule is Cc1c([SiH](C)C)oc(C(C)(C)C)c1CO. The van der Waals surface area contributed by atoms with Crippen molar-refractivity contribution in [3.05, 3.63) is 16.9 Å². The second-order valence-electron chi connectivity index (χ2n) is 5.46. The van der Waals surface area contributed by atoms with Crippen molar-refractivity contribution in [2.24, 2.45) is 0 Å². The Balaban J connectivity index is 3.35. The van der Waals surface area contributed by atoms with Gasteiger partial charge in [0.2, 0.25) is 0 Å². The lowest BCUT2D eigenvalue weighted by Gasteiger charge is -2.16. The van der Waals surface area contributed by atoms with Crippen molar-refractivity contribution >= 4 is 14.2 Å². The van der Waals surface area contributed by atoms with E-state index in [-0.39, 0.29) is 12.0 Å². The lowest BCUT2D eigenvalue weighted by Crippen LogP contribution is -2.23.